The minimum Gasteiger partial charge on any atom is -0.383 e. The number of carbonyl (C=O) groups excluding carboxylic acids is 1. The molecule has 2 atom stereocenters. The molecule has 3 N–H and O–H groups in total. The largest absolute Gasteiger partial charge is 0.383 e. The van der Waals surface area contributed by atoms with E-state index in [4.69, 9.17) is 10.5 Å². The monoisotopic (exact) mass is 285 g/mol. The van der Waals surface area contributed by atoms with Gasteiger partial charge in [0.15, 0.2) is 0 Å². The standard InChI is InChI=1S/C15H31N3O2/c1-5-9-17-15(14(16)19,13-7-8-13)11-18(6-2)12(3)10-20-4/h12-13,17H,5-11H2,1-4H3,(H2,16,19). The van der Waals surface area contributed by atoms with E-state index in [1.807, 2.05) is 0 Å². The van der Waals surface area contributed by atoms with Crippen LogP contribution in [0.25, 0.3) is 0 Å². The first kappa shape index (κ1) is 17.4. The number of ether oxygens (including phenoxy) is 1. The fraction of sp³-hybridized carbons (Fsp3) is 0.933. The topological polar surface area (TPSA) is 67.6 Å². The van der Waals surface area contributed by atoms with Crippen LogP contribution in [0.5, 0.6) is 0 Å². The predicted molar refractivity (Wildman–Crippen MR) is 81.5 cm³/mol. The lowest BCUT2D eigenvalue weighted by molar-refractivity contribution is -0.126. The maximum atomic E-state index is 12.1. The SMILES string of the molecule is CCCNC(CN(CC)C(C)COC)(C(N)=O)C1CC1. The third-order valence-electron chi connectivity index (χ3n) is 4.29. The van der Waals surface area contributed by atoms with Crippen LogP contribution < -0.4 is 11.1 Å². The summed E-state index contributed by atoms with van der Waals surface area (Å²) in [7, 11) is 1.71. The molecule has 1 amide bonds. The lowest BCUT2D eigenvalue weighted by Gasteiger charge is -2.39. The van der Waals surface area contributed by atoms with E-state index in [9.17, 15) is 4.79 Å². The third-order valence-corrected chi connectivity index (χ3v) is 4.29. The Morgan fingerprint density at radius 2 is 2.15 bits per heavy atom. The number of primary amides is 1. The Labute approximate surface area is 123 Å². The summed E-state index contributed by atoms with van der Waals surface area (Å²) in [5.74, 6) is 0.173. The molecule has 1 rings (SSSR count). The zero-order valence-electron chi connectivity index (χ0n) is 13.4. The molecule has 0 aromatic rings. The highest BCUT2D eigenvalue weighted by atomic mass is 16.5. The number of nitrogens with two attached hydrogens (primary N) is 1. The average molecular weight is 285 g/mol. The lowest BCUT2D eigenvalue weighted by Crippen LogP contribution is -2.64. The Kier molecular flexibility index (Phi) is 6.92. The molecule has 5 nitrogen and oxygen atoms in total. The van der Waals surface area contributed by atoms with Crippen molar-refractivity contribution in [2.24, 2.45) is 11.7 Å². The van der Waals surface area contributed by atoms with Gasteiger partial charge in [-0.25, -0.2) is 0 Å². The van der Waals surface area contributed by atoms with E-state index in [0.29, 0.717) is 19.1 Å². The van der Waals surface area contributed by atoms with Crippen LogP contribution in [0.4, 0.5) is 0 Å². The Morgan fingerprint density at radius 1 is 1.50 bits per heavy atom. The summed E-state index contributed by atoms with van der Waals surface area (Å²) in [5, 5.41) is 3.45. The average Bonchev–Trinajstić information content (AvgIpc) is 3.24. The van der Waals surface area contributed by atoms with E-state index in [-0.39, 0.29) is 11.9 Å². The summed E-state index contributed by atoms with van der Waals surface area (Å²) >= 11 is 0. The second-order valence-electron chi connectivity index (χ2n) is 5.90. The first-order chi connectivity index (χ1) is 9.51. The van der Waals surface area contributed by atoms with Crippen LogP contribution in [-0.2, 0) is 9.53 Å². The number of carbonyl (C=O) groups is 1. The molecular weight excluding hydrogens is 254 g/mol. The molecule has 20 heavy (non-hydrogen) atoms. The zero-order chi connectivity index (χ0) is 15.2. The molecule has 0 aromatic carbocycles. The highest BCUT2D eigenvalue weighted by molar-refractivity contribution is 5.86. The van der Waals surface area contributed by atoms with Gasteiger partial charge in [0.1, 0.15) is 5.54 Å². The van der Waals surface area contributed by atoms with Gasteiger partial charge in [0.2, 0.25) is 5.91 Å². The molecule has 118 valence electrons. The van der Waals surface area contributed by atoms with E-state index in [1.165, 1.54) is 0 Å². The number of nitrogens with one attached hydrogen (secondary N) is 1. The van der Waals surface area contributed by atoms with Gasteiger partial charge in [0.05, 0.1) is 6.61 Å². The van der Waals surface area contributed by atoms with Crippen LogP contribution in [0.2, 0.25) is 0 Å². The number of nitrogens with zero attached hydrogens (tertiary/aromatic N) is 1. The van der Waals surface area contributed by atoms with E-state index >= 15 is 0 Å². The Hall–Kier alpha value is -0.650. The number of rotatable bonds is 11. The van der Waals surface area contributed by atoms with Crippen molar-refractivity contribution >= 4 is 5.91 Å². The number of amides is 1. The minimum absolute atomic E-state index is 0.212. The summed E-state index contributed by atoms with van der Waals surface area (Å²) < 4.78 is 5.24. The van der Waals surface area contributed by atoms with Crippen molar-refractivity contribution in [1.82, 2.24) is 10.2 Å². The number of likely N-dealkylation sites (N-methyl/N-ethyl adjacent to an activating group) is 1. The van der Waals surface area contributed by atoms with Gasteiger partial charge in [-0.1, -0.05) is 13.8 Å². The van der Waals surface area contributed by atoms with Crippen molar-refractivity contribution in [1.29, 1.82) is 0 Å². The summed E-state index contributed by atoms with van der Waals surface area (Å²) in [6.07, 6.45) is 3.19. The van der Waals surface area contributed by atoms with Gasteiger partial charge in [0.25, 0.3) is 0 Å². The van der Waals surface area contributed by atoms with Crippen LogP contribution in [-0.4, -0.2) is 55.7 Å². The smallest absolute Gasteiger partial charge is 0.239 e. The van der Waals surface area contributed by atoms with Crippen molar-refractivity contribution < 1.29 is 9.53 Å². The fourth-order valence-electron chi connectivity index (χ4n) is 2.87. The summed E-state index contributed by atoms with van der Waals surface area (Å²) in [4.78, 5) is 14.4. The normalized spacial score (nSPS) is 19.9. The van der Waals surface area contributed by atoms with Gasteiger partial charge in [0, 0.05) is 19.7 Å². The van der Waals surface area contributed by atoms with Crippen molar-refractivity contribution in [3.63, 3.8) is 0 Å². The maximum absolute atomic E-state index is 12.1. The molecule has 0 heterocycles. The second kappa shape index (κ2) is 7.96. The van der Waals surface area contributed by atoms with Gasteiger partial charge in [-0.15, -0.1) is 0 Å². The van der Waals surface area contributed by atoms with Gasteiger partial charge in [-0.3, -0.25) is 9.69 Å². The Bertz CT molecular complexity index is 307. The molecular formula is C15H31N3O2. The molecule has 0 bridgehead atoms. The fourth-order valence-corrected chi connectivity index (χ4v) is 2.87. The highest BCUT2D eigenvalue weighted by Crippen LogP contribution is 2.40. The van der Waals surface area contributed by atoms with Crippen LogP contribution in [0.1, 0.15) is 40.0 Å². The quantitative estimate of drug-likeness (QED) is 0.594. The van der Waals surface area contributed by atoms with Crippen molar-refractivity contribution in [2.45, 2.75) is 51.6 Å². The van der Waals surface area contributed by atoms with Crippen molar-refractivity contribution in [3.8, 4) is 0 Å². The van der Waals surface area contributed by atoms with Crippen LogP contribution in [0, 0.1) is 5.92 Å². The van der Waals surface area contributed by atoms with E-state index in [2.05, 4.69) is 31.0 Å². The number of methoxy groups -OCH3 is 1. The van der Waals surface area contributed by atoms with E-state index in [1.54, 1.807) is 7.11 Å². The van der Waals surface area contributed by atoms with Crippen molar-refractivity contribution in [3.05, 3.63) is 0 Å². The second-order valence-corrected chi connectivity index (χ2v) is 5.90. The van der Waals surface area contributed by atoms with Gasteiger partial charge in [-0.05, 0) is 45.2 Å². The predicted octanol–water partition coefficient (Wildman–Crippen LogP) is 0.977. The van der Waals surface area contributed by atoms with Crippen LogP contribution in [0.15, 0.2) is 0 Å². The third kappa shape index (κ3) is 4.17. The molecule has 0 spiro atoms. The van der Waals surface area contributed by atoms with Crippen LogP contribution in [0.3, 0.4) is 0 Å². The molecule has 1 aliphatic carbocycles. The van der Waals surface area contributed by atoms with Gasteiger partial charge >= 0.3 is 0 Å². The van der Waals surface area contributed by atoms with Crippen molar-refractivity contribution in [2.75, 3.05) is 33.4 Å². The molecule has 0 aliphatic heterocycles. The first-order valence-electron chi connectivity index (χ1n) is 7.79. The number of hydrogen-bond acceptors (Lipinski definition) is 4. The molecule has 0 saturated heterocycles. The molecule has 0 radical (unpaired) electrons. The molecule has 0 aromatic heterocycles. The Balaban J connectivity index is 2.83. The van der Waals surface area contributed by atoms with E-state index in [0.717, 1.165) is 32.4 Å². The lowest BCUT2D eigenvalue weighted by atomic mass is 9.90. The van der Waals surface area contributed by atoms with Gasteiger partial charge in [-0.2, -0.15) is 0 Å². The molecule has 1 saturated carbocycles. The molecule has 2 unspecified atom stereocenters. The zero-order valence-corrected chi connectivity index (χ0v) is 13.4. The molecule has 1 aliphatic rings. The van der Waals surface area contributed by atoms with Gasteiger partial charge < -0.3 is 15.8 Å². The number of hydrogen-bond donors (Lipinski definition) is 2. The summed E-state index contributed by atoms with van der Waals surface area (Å²) in [6.45, 7) is 9.41. The molecule has 5 heteroatoms. The molecule has 1 fully saturated rings. The maximum Gasteiger partial charge on any atom is 0.239 e. The minimum atomic E-state index is -0.575. The van der Waals surface area contributed by atoms with E-state index < -0.39 is 5.54 Å². The summed E-state index contributed by atoms with van der Waals surface area (Å²) in [5.41, 5.74) is 5.20. The highest BCUT2D eigenvalue weighted by Gasteiger charge is 2.50. The van der Waals surface area contributed by atoms with Crippen LogP contribution >= 0.6 is 0 Å². The summed E-state index contributed by atoms with van der Waals surface area (Å²) in [6, 6.07) is 0.283. The first-order valence-corrected chi connectivity index (χ1v) is 7.79. The Morgan fingerprint density at radius 3 is 2.55 bits per heavy atom.